The number of amides is 1. The van der Waals surface area contributed by atoms with Crippen LogP contribution in [0.2, 0.25) is 0 Å². The first kappa shape index (κ1) is 30.2. The quantitative estimate of drug-likeness (QED) is 0.385. The molecule has 12 heteroatoms. The minimum absolute atomic E-state index is 0.192. The molecule has 0 unspecified atom stereocenters. The molecule has 1 saturated heterocycles. The molecule has 7 nitrogen and oxygen atoms in total. The third-order valence-corrected chi connectivity index (χ3v) is 5.94. The number of halogens is 5. The molecule has 0 aromatic heterocycles. The number of carbonyl (C=O) groups is 2. The first-order chi connectivity index (χ1) is 19.0. The molecule has 1 fully saturated rings. The molecule has 4 rings (SSSR count). The number of hydrogen-bond acceptors (Lipinski definition) is 5. The lowest BCUT2D eigenvalue weighted by Gasteiger charge is -2.27. The Morgan fingerprint density at radius 3 is 2.33 bits per heavy atom. The average molecular weight is 561 g/mol. The summed E-state index contributed by atoms with van der Waals surface area (Å²) in [6.07, 6.45) is -5.08. The van der Waals surface area contributed by atoms with Crippen molar-refractivity contribution in [2.24, 2.45) is 0 Å². The van der Waals surface area contributed by atoms with Crippen molar-refractivity contribution in [2.45, 2.75) is 19.3 Å². The first-order valence-electron chi connectivity index (χ1n) is 12.1. The van der Waals surface area contributed by atoms with E-state index >= 15 is 0 Å². The van der Waals surface area contributed by atoms with E-state index in [-0.39, 0.29) is 18.3 Å². The molecular weight excluding hydrogens is 535 g/mol. The van der Waals surface area contributed by atoms with Gasteiger partial charge in [-0.2, -0.15) is 18.4 Å². The summed E-state index contributed by atoms with van der Waals surface area (Å²) in [4.78, 5) is 23.5. The zero-order valence-electron chi connectivity index (χ0n) is 21.1. The fourth-order valence-corrected chi connectivity index (χ4v) is 3.89. The molecule has 1 aliphatic heterocycles. The van der Waals surface area contributed by atoms with Crippen LogP contribution in [-0.2, 0) is 17.9 Å². The zero-order chi connectivity index (χ0) is 29.3. The molecule has 3 aromatic rings. The first-order valence-corrected chi connectivity index (χ1v) is 12.1. The second kappa shape index (κ2) is 13.6. The largest absolute Gasteiger partial charge is 0.490 e. The van der Waals surface area contributed by atoms with Crippen LogP contribution in [0.25, 0.3) is 11.1 Å². The summed E-state index contributed by atoms with van der Waals surface area (Å²) >= 11 is 0. The van der Waals surface area contributed by atoms with Crippen LogP contribution in [0.4, 0.5) is 22.0 Å². The van der Waals surface area contributed by atoms with Gasteiger partial charge >= 0.3 is 12.1 Å². The van der Waals surface area contributed by atoms with Crippen molar-refractivity contribution < 1.29 is 36.6 Å². The number of nitrogens with zero attached hydrogens (tertiary/aromatic N) is 2. The second-order valence-corrected chi connectivity index (χ2v) is 8.82. The Hall–Kier alpha value is -4.34. The summed E-state index contributed by atoms with van der Waals surface area (Å²) in [5.74, 6) is -3.79. The summed E-state index contributed by atoms with van der Waals surface area (Å²) in [5, 5.41) is 22.2. The van der Waals surface area contributed by atoms with Gasteiger partial charge in [-0.1, -0.05) is 18.2 Å². The Balaban J connectivity index is 0.000000559. The molecule has 0 bridgehead atoms. The van der Waals surface area contributed by atoms with Crippen molar-refractivity contribution in [1.29, 1.82) is 5.26 Å². The molecule has 0 radical (unpaired) electrons. The van der Waals surface area contributed by atoms with E-state index in [0.717, 1.165) is 26.2 Å². The van der Waals surface area contributed by atoms with Crippen molar-refractivity contribution in [3.8, 4) is 17.2 Å². The number of hydrogen-bond donors (Lipinski definition) is 3. The van der Waals surface area contributed by atoms with Crippen LogP contribution in [0.1, 0.15) is 27.0 Å². The average Bonchev–Trinajstić information content (AvgIpc) is 2.94. The summed E-state index contributed by atoms with van der Waals surface area (Å²) in [6.45, 7) is 4.07. The van der Waals surface area contributed by atoms with Gasteiger partial charge in [-0.15, -0.1) is 0 Å². The van der Waals surface area contributed by atoms with Crippen LogP contribution >= 0.6 is 0 Å². The van der Waals surface area contributed by atoms with Crippen molar-refractivity contribution in [3.63, 3.8) is 0 Å². The number of nitriles is 1. The number of carboxylic acid groups (broad SMARTS) is 1. The molecule has 1 aliphatic rings. The van der Waals surface area contributed by atoms with Gasteiger partial charge in [0.2, 0.25) is 0 Å². The highest BCUT2D eigenvalue weighted by molar-refractivity contribution is 5.94. The lowest BCUT2D eigenvalue weighted by Crippen LogP contribution is -2.43. The molecule has 1 heterocycles. The SMILES string of the molecule is N#Cc1cccc(C(=O)NCc2ccc(F)c(-c3ccc(F)c(CN4CCNCC4)c3)c2)c1.O=C(O)C(F)(F)F. The fourth-order valence-electron chi connectivity index (χ4n) is 3.89. The van der Waals surface area contributed by atoms with Crippen molar-refractivity contribution in [1.82, 2.24) is 15.5 Å². The standard InChI is InChI=1S/C26H24F2N4O.C2HF3O2/c27-24-7-5-20(14-22(24)17-32-10-8-30-9-11-32)23-13-19(4-6-25(23)28)16-31-26(33)21-3-1-2-18(12-21)15-29;3-2(4,5)1(6)7/h1-7,12-14,30H,8-11,16-17H2,(H,31,33);(H,6,7). The summed E-state index contributed by atoms with van der Waals surface area (Å²) in [7, 11) is 0. The van der Waals surface area contributed by atoms with Gasteiger partial charge < -0.3 is 15.7 Å². The number of nitrogens with one attached hydrogen (secondary N) is 2. The highest BCUT2D eigenvalue weighted by atomic mass is 19.4. The molecular formula is C28H25F5N4O3. The third kappa shape index (κ3) is 8.59. The predicted octanol–water partition coefficient (Wildman–Crippen LogP) is 4.47. The Morgan fingerprint density at radius 2 is 1.68 bits per heavy atom. The van der Waals surface area contributed by atoms with Crippen LogP contribution in [0, 0.1) is 23.0 Å². The van der Waals surface area contributed by atoms with Crippen LogP contribution in [0.5, 0.6) is 0 Å². The molecule has 40 heavy (non-hydrogen) atoms. The molecule has 0 saturated carbocycles. The minimum Gasteiger partial charge on any atom is -0.475 e. The van der Waals surface area contributed by atoms with Gasteiger partial charge in [0.25, 0.3) is 5.91 Å². The van der Waals surface area contributed by atoms with Gasteiger partial charge in [-0.05, 0) is 53.6 Å². The summed E-state index contributed by atoms with van der Waals surface area (Å²) in [5.41, 5.74) is 2.98. The van der Waals surface area contributed by atoms with E-state index in [9.17, 15) is 26.7 Å². The molecule has 0 spiro atoms. The van der Waals surface area contributed by atoms with Crippen molar-refractivity contribution in [3.05, 3.63) is 94.6 Å². The molecule has 210 valence electrons. The zero-order valence-corrected chi connectivity index (χ0v) is 21.1. The Bertz CT molecular complexity index is 1400. The summed E-state index contributed by atoms with van der Waals surface area (Å²) < 4.78 is 60.8. The van der Waals surface area contributed by atoms with E-state index in [2.05, 4.69) is 15.5 Å². The fraction of sp³-hybridized carbons (Fsp3) is 0.250. The number of carbonyl (C=O) groups excluding carboxylic acids is 1. The van der Waals surface area contributed by atoms with Gasteiger partial charge in [-0.3, -0.25) is 9.69 Å². The lowest BCUT2D eigenvalue weighted by atomic mass is 9.99. The van der Waals surface area contributed by atoms with E-state index in [1.165, 1.54) is 18.2 Å². The smallest absolute Gasteiger partial charge is 0.475 e. The van der Waals surface area contributed by atoms with Gasteiger partial charge in [0.05, 0.1) is 11.6 Å². The third-order valence-electron chi connectivity index (χ3n) is 5.94. The topological polar surface area (TPSA) is 105 Å². The van der Waals surface area contributed by atoms with Crippen LogP contribution < -0.4 is 10.6 Å². The van der Waals surface area contributed by atoms with Gasteiger partial charge in [0.1, 0.15) is 11.6 Å². The minimum atomic E-state index is -5.08. The van der Waals surface area contributed by atoms with Crippen molar-refractivity contribution >= 4 is 11.9 Å². The molecule has 3 N–H and O–H groups in total. The Kier molecular flexibility index (Phi) is 10.3. The Labute approximate surface area is 226 Å². The van der Waals surface area contributed by atoms with Gasteiger partial charge in [-0.25, -0.2) is 13.6 Å². The molecule has 3 aromatic carbocycles. The second-order valence-electron chi connectivity index (χ2n) is 8.82. The highest BCUT2D eigenvalue weighted by Crippen LogP contribution is 2.27. The van der Waals surface area contributed by atoms with Gasteiger partial charge in [0.15, 0.2) is 0 Å². The van der Waals surface area contributed by atoms with E-state index in [1.54, 1.807) is 42.5 Å². The van der Waals surface area contributed by atoms with E-state index in [0.29, 0.717) is 39.9 Å². The lowest BCUT2D eigenvalue weighted by molar-refractivity contribution is -0.192. The van der Waals surface area contributed by atoms with Crippen LogP contribution in [0.15, 0.2) is 60.7 Å². The maximum Gasteiger partial charge on any atom is 0.490 e. The number of rotatable bonds is 6. The maximum atomic E-state index is 14.7. The number of benzene rings is 3. The monoisotopic (exact) mass is 560 g/mol. The number of aliphatic carboxylic acids is 1. The normalized spacial score (nSPS) is 13.5. The number of carboxylic acids is 1. The van der Waals surface area contributed by atoms with E-state index < -0.39 is 18.0 Å². The summed E-state index contributed by atoms with van der Waals surface area (Å²) in [6, 6.07) is 17.7. The number of alkyl halides is 3. The van der Waals surface area contributed by atoms with Crippen LogP contribution in [0.3, 0.4) is 0 Å². The van der Waals surface area contributed by atoms with E-state index in [4.69, 9.17) is 15.2 Å². The predicted molar refractivity (Wildman–Crippen MR) is 136 cm³/mol. The van der Waals surface area contributed by atoms with Crippen molar-refractivity contribution in [2.75, 3.05) is 26.2 Å². The molecule has 0 aliphatic carbocycles. The highest BCUT2D eigenvalue weighted by Gasteiger charge is 2.38. The van der Waals surface area contributed by atoms with Crippen LogP contribution in [-0.4, -0.2) is 54.2 Å². The number of piperazine rings is 1. The van der Waals surface area contributed by atoms with Gasteiger partial charge in [0, 0.05) is 56.0 Å². The van der Waals surface area contributed by atoms with E-state index in [1.807, 2.05) is 6.07 Å². The maximum absolute atomic E-state index is 14.7. The molecule has 1 amide bonds. The Morgan fingerprint density at radius 1 is 1.00 bits per heavy atom. The molecule has 0 atom stereocenters.